The first-order valence-corrected chi connectivity index (χ1v) is 13.4. The Hall–Kier alpha value is -4.06. The number of nitrogens with one attached hydrogen (secondary N) is 2. The lowest BCUT2D eigenvalue weighted by Gasteiger charge is -2.31. The Bertz CT molecular complexity index is 1480. The molecule has 39 heavy (non-hydrogen) atoms. The average Bonchev–Trinajstić information content (AvgIpc) is 2.98. The number of nitrogens with zero attached hydrogens (tertiary/aromatic N) is 4. The van der Waals surface area contributed by atoms with Crippen LogP contribution in [0.25, 0.3) is 10.9 Å². The Morgan fingerprint density at radius 2 is 1.92 bits per heavy atom. The largest absolute Gasteiger partial charge is 0.495 e. The molecule has 1 aliphatic rings. The summed E-state index contributed by atoms with van der Waals surface area (Å²) in [6.45, 7) is 9.93. The number of ether oxygens (including phenoxy) is 2. The Morgan fingerprint density at radius 1 is 1.13 bits per heavy atom. The van der Waals surface area contributed by atoms with E-state index in [0.29, 0.717) is 34.3 Å². The van der Waals surface area contributed by atoms with Crippen LogP contribution < -0.4 is 25.0 Å². The van der Waals surface area contributed by atoms with Crippen LogP contribution in [0.3, 0.4) is 0 Å². The molecule has 8 nitrogen and oxygen atoms in total. The van der Waals surface area contributed by atoms with Crippen molar-refractivity contribution in [1.29, 1.82) is 5.26 Å². The summed E-state index contributed by atoms with van der Waals surface area (Å²) in [5.74, 6) is 1.36. The minimum atomic E-state index is 0.346. The lowest BCUT2D eigenvalue weighted by Crippen LogP contribution is -2.43. The quantitative estimate of drug-likeness (QED) is 0.283. The van der Waals surface area contributed by atoms with Crippen LogP contribution in [-0.4, -0.2) is 43.3 Å². The van der Waals surface area contributed by atoms with Crippen molar-refractivity contribution in [3.05, 3.63) is 76.7 Å². The summed E-state index contributed by atoms with van der Waals surface area (Å²) in [6, 6.07) is 15.5. The summed E-state index contributed by atoms with van der Waals surface area (Å²) in [5.41, 5.74) is 5.37. The van der Waals surface area contributed by atoms with Crippen LogP contribution >= 0.6 is 11.6 Å². The first kappa shape index (κ1) is 28.0. The van der Waals surface area contributed by atoms with E-state index in [9.17, 15) is 5.26 Å². The maximum atomic E-state index is 9.82. The molecule has 0 spiro atoms. The normalized spacial score (nSPS) is 12.8. The van der Waals surface area contributed by atoms with Gasteiger partial charge in [-0.2, -0.15) is 5.26 Å². The number of nitriles is 1. The third kappa shape index (κ3) is 6.33. The zero-order valence-corrected chi connectivity index (χ0v) is 23.5. The number of fused-ring (bicyclic) bond motifs is 1. The highest BCUT2D eigenvalue weighted by Crippen LogP contribution is 2.39. The van der Waals surface area contributed by atoms with E-state index in [4.69, 9.17) is 21.1 Å². The Balaban J connectivity index is 0.00000172. The highest BCUT2D eigenvalue weighted by Gasteiger charge is 2.19. The van der Waals surface area contributed by atoms with Gasteiger partial charge >= 0.3 is 0 Å². The maximum Gasteiger partial charge on any atom is 0.142 e. The van der Waals surface area contributed by atoms with Crippen molar-refractivity contribution in [2.24, 2.45) is 0 Å². The zero-order valence-electron chi connectivity index (χ0n) is 22.7. The van der Waals surface area contributed by atoms with Crippen molar-refractivity contribution in [3.8, 4) is 17.6 Å². The molecular formula is C30H33ClN6O2. The van der Waals surface area contributed by atoms with E-state index in [1.807, 2.05) is 57.2 Å². The van der Waals surface area contributed by atoms with Gasteiger partial charge in [0, 0.05) is 50.0 Å². The molecule has 0 saturated carbocycles. The Morgan fingerprint density at radius 3 is 2.62 bits per heavy atom. The zero-order chi connectivity index (χ0) is 27.8. The highest BCUT2D eigenvalue weighted by molar-refractivity contribution is 6.33. The van der Waals surface area contributed by atoms with E-state index in [0.717, 1.165) is 59.8 Å². The number of rotatable bonds is 7. The summed E-state index contributed by atoms with van der Waals surface area (Å²) >= 11 is 6.63. The van der Waals surface area contributed by atoms with Gasteiger partial charge in [-0.25, -0.2) is 0 Å². The molecule has 2 N–H and O–H groups in total. The molecule has 1 aliphatic heterocycles. The highest BCUT2D eigenvalue weighted by atomic mass is 35.5. The van der Waals surface area contributed by atoms with Crippen LogP contribution in [0.1, 0.15) is 30.7 Å². The fourth-order valence-corrected chi connectivity index (χ4v) is 4.60. The van der Waals surface area contributed by atoms with E-state index in [1.54, 1.807) is 25.6 Å². The second kappa shape index (κ2) is 13.1. The molecule has 9 heteroatoms. The third-order valence-electron chi connectivity index (χ3n) is 6.44. The van der Waals surface area contributed by atoms with Crippen LogP contribution in [0.4, 0.5) is 17.1 Å². The van der Waals surface area contributed by atoms with Gasteiger partial charge in [0.1, 0.15) is 24.2 Å². The minimum absolute atomic E-state index is 0.346. The van der Waals surface area contributed by atoms with Crippen LogP contribution in [0.15, 0.2) is 54.9 Å². The summed E-state index contributed by atoms with van der Waals surface area (Å²) < 4.78 is 11.7. The number of aryl methyl sites for hydroxylation is 1. The molecule has 0 aliphatic carbocycles. The van der Waals surface area contributed by atoms with Crippen LogP contribution in [0, 0.1) is 18.3 Å². The Kier molecular flexibility index (Phi) is 9.42. The van der Waals surface area contributed by atoms with E-state index in [2.05, 4.69) is 31.6 Å². The molecule has 2 aromatic heterocycles. The fraction of sp³-hybridized carbons (Fsp3) is 0.300. The molecule has 0 radical (unpaired) electrons. The van der Waals surface area contributed by atoms with Gasteiger partial charge in [0.2, 0.25) is 0 Å². The first-order chi connectivity index (χ1) is 19.1. The van der Waals surface area contributed by atoms with Gasteiger partial charge in [0.05, 0.1) is 46.0 Å². The summed E-state index contributed by atoms with van der Waals surface area (Å²) in [6.07, 6.45) is 3.33. The molecule has 0 bridgehead atoms. The van der Waals surface area contributed by atoms with Crippen molar-refractivity contribution in [2.45, 2.75) is 27.4 Å². The lowest BCUT2D eigenvalue weighted by atomic mass is 10.1. The van der Waals surface area contributed by atoms with Crippen LogP contribution in [-0.2, 0) is 6.61 Å². The third-order valence-corrected chi connectivity index (χ3v) is 6.75. The van der Waals surface area contributed by atoms with Crippen molar-refractivity contribution < 1.29 is 9.47 Å². The number of hydrogen-bond donors (Lipinski definition) is 2. The first-order valence-electron chi connectivity index (χ1n) is 13.0. The molecule has 2 aromatic carbocycles. The number of benzene rings is 2. The fourth-order valence-electron chi connectivity index (χ4n) is 4.39. The number of anilines is 3. The maximum absolute atomic E-state index is 9.82. The SMILES string of the molecule is CC.COc1cc2c(Nc3ccc(OCc4ncccc4C)cc3Cl)c(C#N)cnc2cc1N1CCNCC1. The van der Waals surface area contributed by atoms with Crippen molar-refractivity contribution >= 4 is 39.6 Å². The standard InChI is InChI=1S/C28H27ClN6O2.C2H6/c1-18-4-3-7-32-25(18)17-37-20-5-6-23(22(29)12-20)34-28-19(15-30)16-33-24-14-26(27(36-2)13-21(24)28)35-10-8-31-9-11-35;1-2/h3-7,12-14,16,31H,8-11,17H2,1-2H3,(H,33,34);1-2H3. The van der Waals surface area contributed by atoms with Crippen LogP contribution in [0.2, 0.25) is 5.02 Å². The molecule has 0 unspecified atom stereocenters. The van der Waals surface area contributed by atoms with Gasteiger partial charge in [0.15, 0.2) is 0 Å². The van der Waals surface area contributed by atoms with Gasteiger partial charge in [-0.15, -0.1) is 0 Å². The molecule has 202 valence electrons. The smallest absolute Gasteiger partial charge is 0.142 e. The molecule has 1 fully saturated rings. The number of hydrogen-bond acceptors (Lipinski definition) is 8. The molecule has 0 amide bonds. The topological polar surface area (TPSA) is 95.3 Å². The van der Waals surface area contributed by atoms with Gasteiger partial charge in [-0.1, -0.05) is 31.5 Å². The van der Waals surface area contributed by atoms with Crippen LogP contribution in [0.5, 0.6) is 11.5 Å². The Labute approximate surface area is 234 Å². The van der Waals surface area contributed by atoms with E-state index in [-0.39, 0.29) is 0 Å². The number of aromatic nitrogens is 2. The van der Waals surface area contributed by atoms with Gasteiger partial charge in [-0.3, -0.25) is 9.97 Å². The van der Waals surface area contributed by atoms with Crippen molar-refractivity contribution in [1.82, 2.24) is 15.3 Å². The van der Waals surface area contributed by atoms with Crippen molar-refractivity contribution in [3.63, 3.8) is 0 Å². The predicted molar refractivity (Wildman–Crippen MR) is 157 cm³/mol. The van der Waals surface area contributed by atoms with Crippen molar-refractivity contribution in [2.75, 3.05) is 43.5 Å². The summed E-state index contributed by atoms with van der Waals surface area (Å²) in [4.78, 5) is 11.2. The summed E-state index contributed by atoms with van der Waals surface area (Å²) in [5, 5.41) is 17.8. The van der Waals surface area contributed by atoms with E-state index >= 15 is 0 Å². The number of halogens is 1. The van der Waals surface area contributed by atoms with E-state index < -0.39 is 0 Å². The monoisotopic (exact) mass is 544 g/mol. The number of pyridine rings is 2. The molecule has 0 atom stereocenters. The summed E-state index contributed by atoms with van der Waals surface area (Å²) in [7, 11) is 1.66. The average molecular weight is 545 g/mol. The number of piperazine rings is 1. The van der Waals surface area contributed by atoms with Gasteiger partial charge in [-0.05, 0) is 42.8 Å². The van der Waals surface area contributed by atoms with Gasteiger partial charge < -0.3 is 25.0 Å². The molecular weight excluding hydrogens is 512 g/mol. The molecule has 1 saturated heterocycles. The molecule has 4 aromatic rings. The minimum Gasteiger partial charge on any atom is -0.495 e. The second-order valence-corrected chi connectivity index (χ2v) is 9.17. The van der Waals surface area contributed by atoms with E-state index in [1.165, 1.54) is 0 Å². The molecule has 3 heterocycles. The number of methoxy groups -OCH3 is 1. The lowest BCUT2D eigenvalue weighted by molar-refractivity contribution is 0.300. The molecule has 5 rings (SSSR count). The second-order valence-electron chi connectivity index (χ2n) is 8.76. The van der Waals surface area contributed by atoms with Gasteiger partial charge in [0.25, 0.3) is 0 Å². The predicted octanol–water partition coefficient (Wildman–Crippen LogP) is 6.23.